The van der Waals surface area contributed by atoms with Crippen molar-refractivity contribution in [1.29, 1.82) is 0 Å². The van der Waals surface area contributed by atoms with E-state index in [0.717, 1.165) is 17.1 Å². The molecule has 0 bridgehead atoms. The Morgan fingerprint density at radius 3 is 2.57 bits per heavy atom. The largest absolute Gasteiger partial charge is 0.495 e. The Balaban J connectivity index is 2.31. The third-order valence-electron chi connectivity index (χ3n) is 3.95. The van der Waals surface area contributed by atoms with Gasteiger partial charge >= 0.3 is 0 Å². The van der Waals surface area contributed by atoms with Gasteiger partial charge in [-0.05, 0) is 37.0 Å². The molecule has 1 saturated carbocycles. The zero-order valence-electron chi connectivity index (χ0n) is 13.6. The van der Waals surface area contributed by atoms with Gasteiger partial charge in [0.1, 0.15) is 10.6 Å². The first-order valence-electron chi connectivity index (χ1n) is 7.42. The fourth-order valence-corrected chi connectivity index (χ4v) is 3.41. The molecule has 0 radical (unpaired) electrons. The van der Waals surface area contributed by atoms with E-state index >= 15 is 0 Å². The monoisotopic (exact) mass is 341 g/mol. The number of methoxy groups -OCH3 is 1. The Hall–Kier alpha value is -1.64. The number of hydrogen-bond donors (Lipinski definition) is 2. The zero-order chi connectivity index (χ0) is 17.2. The van der Waals surface area contributed by atoms with Crippen LogP contribution < -0.4 is 15.8 Å². The van der Waals surface area contributed by atoms with E-state index in [4.69, 9.17) is 10.5 Å². The molecule has 128 valence electrons. The molecule has 0 aromatic heterocycles. The molecule has 23 heavy (non-hydrogen) atoms. The van der Waals surface area contributed by atoms with Crippen molar-refractivity contribution in [1.82, 2.24) is 9.62 Å². The number of benzene rings is 1. The van der Waals surface area contributed by atoms with Crippen LogP contribution in [0.25, 0.3) is 0 Å². The Kier molecular flexibility index (Phi) is 5.28. The molecule has 3 N–H and O–H groups in total. The van der Waals surface area contributed by atoms with Gasteiger partial charge < -0.3 is 15.8 Å². The fourth-order valence-electron chi connectivity index (χ4n) is 2.34. The normalized spacial score (nSPS) is 16.2. The van der Waals surface area contributed by atoms with Crippen LogP contribution in [-0.4, -0.2) is 52.4 Å². The van der Waals surface area contributed by atoms with E-state index in [-0.39, 0.29) is 28.2 Å². The topological polar surface area (TPSA) is 102 Å². The second-order valence-corrected chi connectivity index (χ2v) is 7.93. The quantitative estimate of drug-likeness (QED) is 0.748. The maximum Gasteiger partial charge on any atom is 0.251 e. The van der Waals surface area contributed by atoms with Crippen LogP contribution in [0.15, 0.2) is 23.1 Å². The van der Waals surface area contributed by atoms with E-state index < -0.39 is 10.0 Å². The molecule has 1 atom stereocenters. The molecule has 0 aliphatic heterocycles. The molecule has 1 aliphatic rings. The highest BCUT2D eigenvalue weighted by Gasteiger charge is 2.32. The molecule has 0 saturated heterocycles. The van der Waals surface area contributed by atoms with Crippen molar-refractivity contribution in [3.63, 3.8) is 0 Å². The van der Waals surface area contributed by atoms with Crippen molar-refractivity contribution >= 4 is 15.9 Å². The highest BCUT2D eigenvalue weighted by Crippen LogP contribution is 2.32. The standard InChI is InChI=1S/C15H23N3O4S/c1-18(2)23(20,21)14-8-11(6-7-13(14)22-3)15(19)17-12(9-16)10-4-5-10/h6-8,10,12H,4-5,9,16H2,1-3H3,(H,17,19). The number of nitrogens with two attached hydrogens (primary N) is 1. The van der Waals surface area contributed by atoms with Crippen LogP contribution in [0, 0.1) is 5.92 Å². The number of hydrogen-bond acceptors (Lipinski definition) is 5. The van der Waals surface area contributed by atoms with Gasteiger partial charge in [-0.3, -0.25) is 4.79 Å². The fraction of sp³-hybridized carbons (Fsp3) is 0.533. The minimum Gasteiger partial charge on any atom is -0.495 e. The number of nitrogens with zero attached hydrogens (tertiary/aromatic N) is 1. The second kappa shape index (κ2) is 6.86. The van der Waals surface area contributed by atoms with Crippen LogP contribution >= 0.6 is 0 Å². The van der Waals surface area contributed by atoms with Crippen molar-refractivity contribution in [3.05, 3.63) is 23.8 Å². The smallest absolute Gasteiger partial charge is 0.251 e. The van der Waals surface area contributed by atoms with Gasteiger partial charge in [-0.2, -0.15) is 0 Å². The third-order valence-corrected chi connectivity index (χ3v) is 5.78. The number of rotatable bonds is 7. The highest BCUT2D eigenvalue weighted by molar-refractivity contribution is 7.89. The lowest BCUT2D eigenvalue weighted by molar-refractivity contribution is 0.0933. The first-order chi connectivity index (χ1) is 10.8. The van der Waals surface area contributed by atoms with Gasteiger partial charge in [0.15, 0.2) is 0 Å². The van der Waals surface area contributed by atoms with Gasteiger partial charge in [-0.1, -0.05) is 0 Å². The molecule has 1 unspecified atom stereocenters. The number of ether oxygens (including phenoxy) is 1. The Bertz CT molecular complexity index is 684. The summed E-state index contributed by atoms with van der Waals surface area (Å²) >= 11 is 0. The van der Waals surface area contributed by atoms with Crippen molar-refractivity contribution < 1.29 is 17.9 Å². The number of nitrogens with one attached hydrogen (secondary N) is 1. The SMILES string of the molecule is COc1ccc(C(=O)NC(CN)C2CC2)cc1S(=O)(=O)N(C)C. The summed E-state index contributed by atoms with van der Waals surface area (Å²) in [7, 11) is 0.539. The maximum atomic E-state index is 12.4. The van der Waals surface area contributed by atoms with Crippen molar-refractivity contribution in [3.8, 4) is 5.75 Å². The summed E-state index contributed by atoms with van der Waals surface area (Å²) in [5.41, 5.74) is 5.96. The number of carbonyl (C=O) groups is 1. The summed E-state index contributed by atoms with van der Waals surface area (Å²) < 4.78 is 30.9. The predicted molar refractivity (Wildman–Crippen MR) is 86.9 cm³/mol. The molecular weight excluding hydrogens is 318 g/mol. The number of amides is 1. The van der Waals surface area contributed by atoms with E-state index in [1.807, 2.05) is 0 Å². The zero-order valence-corrected chi connectivity index (χ0v) is 14.4. The lowest BCUT2D eigenvalue weighted by Crippen LogP contribution is -2.41. The summed E-state index contributed by atoms with van der Waals surface area (Å²) in [5, 5.41) is 2.88. The van der Waals surface area contributed by atoms with Crippen LogP contribution in [0.1, 0.15) is 23.2 Å². The molecule has 7 nitrogen and oxygen atoms in total. The van der Waals surface area contributed by atoms with Crippen LogP contribution in [0.4, 0.5) is 0 Å². The minimum atomic E-state index is -3.71. The van der Waals surface area contributed by atoms with Gasteiger partial charge in [0.2, 0.25) is 10.0 Å². The minimum absolute atomic E-state index is 0.0339. The molecule has 0 spiro atoms. The van der Waals surface area contributed by atoms with E-state index in [1.54, 1.807) is 6.07 Å². The molecule has 0 heterocycles. The summed E-state index contributed by atoms with van der Waals surface area (Å²) in [5.74, 6) is 0.296. The average Bonchev–Trinajstić information content (AvgIpc) is 3.36. The van der Waals surface area contributed by atoms with Gasteiger partial charge in [0, 0.05) is 32.2 Å². The Morgan fingerprint density at radius 1 is 1.43 bits per heavy atom. The van der Waals surface area contributed by atoms with Gasteiger partial charge in [-0.15, -0.1) is 0 Å². The highest BCUT2D eigenvalue weighted by atomic mass is 32.2. The van der Waals surface area contributed by atoms with E-state index in [0.29, 0.717) is 12.5 Å². The van der Waals surface area contributed by atoms with Crippen LogP contribution in [0.3, 0.4) is 0 Å². The van der Waals surface area contributed by atoms with Crippen molar-refractivity contribution in [2.24, 2.45) is 11.7 Å². The molecule has 1 aromatic carbocycles. The van der Waals surface area contributed by atoms with Crippen LogP contribution in [-0.2, 0) is 10.0 Å². The molecule has 1 aliphatic carbocycles. The first kappa shape index (κ1) is 17.7. The molecule has 1 aromatic rings. The van der Waals surface area contributed by atoms with Crippen molar-refractivity contribution in [2.45, 2.75) is 23.8 Å². The van der Waals surface area contributed by atoms with Gasteiger partial charge in [0.05, 0.1) is 7.11 Å². The summed E-state index contributed by atoms with van der Waals surface area (Å²) in [6, 6.07) is 4.30. The number of carbonyl (C=O) groups excluding carboxylic acids is 1. The van der Waals surface area contributed by atoms with E-state index in [9.17, 15) is 13.2 Å². The Labute approximate surface area is 136 Å². The molecule has 1 fully saturated rings. The summed E-state index contributed by atoms with van der Waals surface area (Å²) in [6.07, 6.45) is 2.12. The van der Waals surface area contributed by atoms with Gasteiger partial charge in [-0.25, -0.2) is 12.7 Å². The molecule has 2 rings (SSSR count). The third kappa shape index (κ3) is 3.82. The summed E-state index contributed by atoms with van der Waals surface area (Å²) in [6.45, 7) is 0.370. The Morgan fingerprint density at radius 2 is 2.09 bits per heavy atom. The summed E-state index contributed by atoms with van der Waals surface area (Å²) in [4.78, 5) is 12.3. The molecule has 8 heteroatoms. The lowest BCUT2D eigenvalue weighted by atomic mass is 10.1. The lowest BCUT2D eigenvalue weighted by Gasteiger charge is -2.18. The van der Waals surface area contributed by atoms with E-state index in [2.05, 4.69) is 5.32 Å². The molecular formula is C15H23N3O4S. The van der Waals surface area contributed by atoms with Crippen LogP contribution in [0.2, 0.25) is 0 Å². The van der Waals surface area contributed by atoms with E-state index in [1.165, 1.54) is 33.3 Å². The van der Waals surface area contributed by atoms with Crippen LogP contribution in [0.5, 0.6) is 5.75 Å². The van der Waals surface area contributed by atoms with Gasteiger partial charge in [0.25, 0.3) is 5.91 Å². The second-order valence-electron chi connectivity index (χ2n) is 5.81. The number of sulfonamides is 1. The first-order valence-corrected chi connectivity index (χ1v) is 8.86. The maximum absolute atomic E-state index is 12.4. The molecule has 1 amide bonds. The predicted octanol–water partition coefficient (Wildman–Crippen LogP) is 0.413. The van der Waals surface area contributed by atoms with Crippen molar-refractivity contribution in [2.75, 3.05) is 27.7 Å². The average molecular weight is 341 g/mol.